The molecule has 25 heavy (non-hydrogen) atoms. The van der Waals surface area contributed by atoms with Crippen molar-refractivity contribution in [3.05, 3.63) is 41.5 Å². The first kappa shape index (κ1) is 19.2. The van der Waals surface area contributed by atoms with Crippen molar-refractivity contribution in [2.24, 2.45) is 0 Å². The lowest BCUT2D eigenvalue weighted by Crippen LogP contribution is -2.43. The quantitative estimate of drug-likeness (QED) is 0.609. The average Bonchev–Trinajstić information content (AvgIpc) is 2.91. The molecule has 7 heteroatoms. The highest BCUT2D eigenvalue weighted by molar-refractivity contribution is 7.89. The Bertz CT molecular complexity index is 827. The summed E-state index contributed by atoms with van der Waals surface area (Å²) in [6, 6.07) is 7.38. The average molecular weight is 362 g/mol. The number of hydrogen-bond donors (Lipinski definition) is 0. The van der Waals surface area contributed by atoms with Crippen LogP contribution in [0.15, 0.2) is 40.8 Å². The van der Waals surface area contributed by atoms with E-state index in [0.29, 0.717) is 5.57 Å². The molecule has 0 aliphatic carbocycles. The van der Waals surface area contributed by atoms with Gasteiger partial charge in [0.25, 0.3) is 0 Å². The third kappa shape index (κ3) is 4.47. The van der Waals surface area contributed by atoms with Gasteiger partial charge in [0.05, 0.1) is 11.0 Å². The van der Waals surface area contributed by atoms with E-state index in [1.54, 1.807) is 32.9 Å². The van der Waals surface area contributed by atoms with Crippen molar-refractivity contribution in [3.63, 3.8) is 0 Å². The standard InChI is InChI=1S/C18H22N2O4S/c1-13-5-7-15(8-6-13)25(22,23)20-12-14(9-10-19)11-16(20)17(21)24-18(2,3)4/h5-9,16H,11-12H2,1-4H3/b14-9+/t16-/m0/s1. The zero-order valence-corrected chi connectivity index (χ0v) is 15.6. The molecule has 0 N–H and O–H groups in total. The van der Waals surface area contributed by atoms with Crippen LogP contribution in [0.25, 0.3) is 0 Å². The molecule has 0 radical (unpaired) electrons. The Morgan fingerprint density at radius 3 is 2.44 bits per heavy atom. The number of allylic oxidation sites excluding steroid dienone is 1. The predicted molar refractivity (Wildman–Crippen MR) is 93.0 cm³/mol. The van der Waals surface area contributed by atoms with Gasteiger partial charge in [0.1, 0.15) is 11.6 Å². The summed E-state index contributed by atoms with van der Waals surface area (Å²) in [4.78, 5) is 12.6. The molecule has 1 heterocycles. The highest BCUT2D eigenvalue weighted by Crippen LogP contribution is 2.31. The second-order valence-electron chi connectivity index (χ2n) is 7.05. The van der Waals surface area contributed by atoms with Crippen molar-refractivity contribution in [1.29, 1.82) is 5.26 Å². The number of carbonyl (C=O) groups excluding carboxylic acids is 1. The third-order valence-electron chi connectivity index (χ3n) is 3.74. The van der Waals surface area contributed by atoms with Gasteiger partial charge < -0.3 is 4.74 Å². The molecule has 1 atom stereocenters. The van der Waals surface area contributed by atoms with E-state index < -0.39 is 27.6 Å². The summed E-state index contributed by atoms with van der Waals surface area (Å²) in [5.74, 6) is -0.607. The summed E-state index contributed by atoms with van der Waals surface area (Å²) in [7, 11) is -3.87. The lowest BCUT2D eigenvalue weighted by molar-refractivity contribution is -0.158. The van der Waals surface area contributed by atoms with Crippen molar-refractivity contribution in [1.82, 2.24) is 4.31 Å². The van der Waals surface area contributed by atoms with Gasteiger partial charge in [-0.25, -0.2) is 8.42 Å². The smallest absolute Gasteiger partial charge is 0.325 e. The van der Waals surface area contributed by atoms with Gasteiger partial charge in [0, 0.05) is 12.6 Å². The maximum Gasteiger partial charge on any atom is 0.325 e. The van der Waals surface area contributed by atoms with Crippen LogP contribution >= 0.6 is 0 Å². The minimum Gasteiger partial charge on any atom is -0.459 e. The molecule has 6 nitrogen and oxygen atoms in total. The molecule has 0 amide bonds. The molecular weight excluding hydrogens is 340 g/mol. The number of rotatable bonds is 3. The first-order valence-electron chi connectivity index (χ1n) is 7.93. The molecule has 0 saturated carbocycles. The van der Waals surface area contributed by atoms with Crippen LogP contribution in [-0.4, -0.2) is 36.9 Å². The van der Waals surface area contributed by atoms with Crippen molar-refractivity contribution in [2.75, 3.05) is 6.54 Å². The lowest BCUT2D eigenvalue weighted by Gasteiger charge is -2.26. The van der Waals surface area contributed by atoms with Gasteiger partial charge >= 0.3 is 5.97 Å². The Morgan fingerprint density at radius 1 is 1.32 bits per heavy atom. The molecule has 1 aromatic carbocycles. The lowest BCUT2D eigenvalue weighted by atomic mass is 10.1. The van der Waals surface area contributed by atoms with E-state index in [9.17, 15) is 13.2 Å². The molecule has 2 rings (SSSR count). The fraction of sp³-hybridized carbons (Fsp3) is 0.444. The van der Waals surface area contributed by atoms with Crippen molar-refractivity contribution >= 4 is 16.0 Å². The second kappa shape index (κ2) is 6.98. The van der Waals surface area contributed by atoms with E-state index in [4.69, 9.17) is 10.00 Å². The van der Waals surface area contributed by atoms with Crippen LogP contribution in [-0.2, 0) is 19.6 Å². The minimum atomic E-state index is -3.87. The molecule has 1 aliphatic rings. The number of aryl methyl sites for hydroxylation is 1. The molecule has 0 unspecified atom stereocenters. The van der Waals surface area contributed by atoms with E-state index in [2.05, 4.69) is 0 Å². The number of esters is 1. The third-order valence-corrected chi connectivity index (χ3v) is 5.61. The number of sulfonamides is 1. The summed E-state index contributed by atoms with van der Waals surface area (Å²) in [5, 5.41) is 8.86. The van der Waals surface area contributed by atoms with Gasteiger partial charge in [0.2, 0.25) is 10.0 Å². The molecule has 1 aliphatic heterocycles. The summed E-state index contributed by atoms with van der Waals surface area (Å²) in [6.07, 6.45) is 1.45. The van der Waals surface area contributed by atoms with Crippen LogP contribution < -0.4 is 0 Å². The highest BCUT2D eigenvalue weighted by Gasteiger charge is 2.43. The maximum absolute atomic E-state index is 13.0. The minimum absolute atomic E-state index is 0.00762. The van der Waals surface area contributed by atoms with Crippen LogP contribution in [0.2, 0.25) is 0 Å². The molecule has 1 fully saturated rings. The molecule has 0 bridgehead atoms. The number of carbonyl (C=O) groups is 1. The zero-order valence-electron chi connectivity index (χ0n) is 14.8. The van der Waals surface area contributed by atoms with E-state index in [1.165, 1.54) is 18.2 Å². The van der Waals surface area contributed by atoms with Crippen LogP contribution in [0.3, 0.4) is 0 Å². The van der Waals surface area contributed by atoms with E-state index in [0.717, 1.165) is 9.87 Å². The molecule has 0 aromatic heterocycles. The summed E-state index contributed by atoms with van der Waals surface area (Å²) in [5.41, 5.74) is 0.807. The fourth-order valence-electron chi connectivity index (χ4n) is 2.59. The monoisotopic (exact) mass is 362 g/mol. The van der Waals surface area contributed by atoms with Gasteiger partial charge in [-0.2, -0.15) is 9.57 Å². The topological polar surface area (TPSA) is 87.5 Å². The predicted octanol–water partition coefficient (Wildman–Crippen LogP) is 2.55. The molecular formula is C18H22N2O4S. The van der Waals surface area contributed by atoms with Crippen LogP contribution in [0, 0.1) is 18.3 Å². The number of hydrogen-bond acceptors (Lipinski definition) is 5. The van der Waals surface area contributed by atoms with Gasteiger partial charge in [-0.15, -0.1) is 0 Å². The summed E-state index contributed by atoms with van der Waals surface area (Å²) >= 11 is 0. The molecule has 0 spiro atoms. The Morgan fingerprint density at radius 2 is 1.92 bits per heavy atom. The second-order valence-corrected chi connectivity index (χ2v) is 8.94. The zero-order chi connectivity index (χ0) is 18.8. The maximum atomic E-state index is 13.0. The Balaban J connectivity index is 2.40. The first-order chi connectivity index (χ1) is 11.5. The molecule has 1 saturated heterocycles. The number of nitrogens with zero attached hydrogens (tertiary/aromatic N) is 2. The van der Waals surface area contributed by atoms with E-state index >= 15 is 0 Å². The molecule has 134 valence electrons. The van der Waals surface area contributed by atoms with Crippen LogP contribution in [0.4, 0.5) is 0 Å². The van der Waals surface area contributed by atoms with Crippen molar-refractivity contribution in [2.45, 2.75) is 50.7 Å². The Kier molecular flexibility index (Phi) is 5.35. The Labute approximate surface area is 148 Å². The largest absolute Gasteiger partial charge is 0.459 e. The van der Waals surface area contributed by atoms with Gasteiger partial charge in [-0.05, 0) is 51.8 Å². The number of ether oxygens (including phenoxy) is 1. The van der Waals surface area contributed by atoms with Crippen LogP contribution in [0.1, 0.15) is 32.8 Å². The van der Waals surface area contributed by atoms with E-state index in [1.807, 2.05) is 13.0 Å². The number of benzene rings is 1. The normalized spacial score (nSPS) is 20.4. The highest BCUT2D eigenvalue weighted by atomic mass is 32.2. The summed E-state index contributed by atoms with van der Waals surface area (Å²) in [6.45, 7) is 7.05. The van der Waals surface area contributed by atoms with Gasteiger partial charge in [-0.1, -0.05) is 17.7 Å². The number of nitriles is 1. The van der Waals surface area contributed by atoms with Crippen molar-refractivity contribution < 1.29 is 17.9 Å². The van der Waals surface area contributed by atoms with Gasteiger partial charge in [-0.3, -0.25) is 4.79 Å². The first-order valence-corrected chi connectivity index (χ1v) is 9.37. The molecule has 1 aromatic rings. The SMILES string of the molecule is Cc1ccc(S(=O)(=O)N2C/C(=C/C#N)C[C@H]2C(=O)OC(C)(C)C)cc1. The fourth-order valence-corrected chi connectivity index (χ4v) is 4.17. The van der Waals surface area contributed by atoms with Gasteiger partial charge in [0.15, 0.2) is 0 Å². The summed E-state index contributed by atoms with van der Waals surface area (Å²) < 4.78 is 32.5. The van der Waals surface area contributed by atoms with Crippen LogP contribution in [0.5, 0.6) is 0 Å². The Hall–Kier alpha value is -2.17. The van der Waals surface area contributed by atoms with Crippen molar-refractivity contribution in [3.8, 4) is 6.07 Å². The van der Waals surface area contributed by atoms with E-state index in [-0.39, 0.29) is 17.9 Å².